The molecule has 1 heterocycles. The van der Waals surface area contributed by atoms with Crippen LogP contribution in [0.2, 0.25) is 0 Å². The molecule has 1 rings (SSSR count). The van der Waals surface area contributed by atoms with E-state index in [2.05, 4.69) is 9.97 Å². The van der Waals surface area contributed by atoms with E-state index in [4.69, 9.17) is 9.47 Å². The lowest BCUT2D eigenvalue weighted by Crippen LogP contribution is -2.02. The zero-order valence-corrected chi connectivity index (χ0v) is 7.46. The Balaban J connectivity index is 2.15. The Bertz CT molecular complexity index is 223. The average Bonchev–Trinajstić information content (AvgIpc) is 2.45. The van der Waals surface area contributed by atoms with Crippen LogP contribution in [-0.2, 0) is 16.1 Å². The number of aryl methyl sites for hydroxylation is 1. The fourth-order valence-corrected chi connectivity index (χ4v) is 0.851. The Morgan fingerprint density at radius 2 is 2.33 bits per heavy atom. The van der Waals surface area contributed by atoms with Crippen molar-refractivity contribution in [3.8, 4) is 0 Å². The van der Waals surface area contributed by atoms with Gasteiger partial charge >= 0.3 is 0 Å². The normalized spacial score (nSPS) is 10.5. The summed E-state index contributed by atoms with van der Waals surface area (Å²) in [4.78, 5) is 7.17. The van der Waals surface area contributed by atoms with E-state index in [1.165, 1.54) is 0 Å². The molecule has 0 aliphatic rings. The standard InChI is InChI=1S/C8H14N2O2/c1-7-5-9-8(10-7)6-12-4-3-11-2/h5H,3-4,6H2,1-2H3,(H,9,10). The van der Waals surface area contributed by atoms with Crippen LogP contribution in [0.15, 0.2) is 6.20 Å². The third-order valence-electron chi connectivity index (χ3n) is 1.43. The fourth-order valence-electron chi connectivity index (χ4n) is 0.851. The van der Waals surface area contributed by atoms with Gasteiger partial charge in [-0.2, -0.15) is 0 Å². The summed E-state index contributed by atoms with van der Waals surface area (Å²) in [5.74, 6) is 0.864. The van der Waals surface area contributed by atoms with E-state index in [1.54, 1.807) is 13.3 Å². The second kappa shape index (κ2) is 4.90. The molecule has 4 nitrogen and oxygen atoms in total. The van der Waals surface area contributed by atoms with Gasteiger partial charge in [-0.25, -0.2) is 4.98 Å². The maximum absolute atomic E-state index is 5.25. The Labute approximate surface area is 71.9 Å². The molecule has 0 atom stereocenters. The van der Waals surface area contributed by atoms with Gasteiger partial charge in [0.25, 0.3) is 0 Å². The molecule has 0 saturated carbocycles. The summed E-state index contributed by atoms with van der Waals surface area (Å²) < 4.78 is 10.1. The van der Waals surface area contributed by atoms with Gasteiger partial charge in [0.2, 0.25) is 0 Å². The van der Waals surface area contributed by atoms with Crippen LogP contribution in [0.25, 0.3) is 0 Å². The van der Waals surface area contributed by atoms with E-state index in [9.17, 15) is 0 Å². The summed E-state index contributed by atoms with van der Waals surface area (Å²) >= 11 is 0. The number of nitrogens with zero attached hydrogens (tertiary/aromatic N) is 1. The maximum Gasteiger partial charge on any atom is 0.132 e. The largest absolute Gasteiger partial charge is 0.382 e. The number of ether oxygens (including phenoxy) is 2. The summed E-state index contributed by atoms with van der Waals surface area (Å²) in [6.07, 6.45) is 1.79. The summed E-state index contributed by atoms with van der Waals surface area (Å²) in [5, 5.41) is 0. The number of nitrogens with one attached hydrogen (secondary N) is 1. The minimum Gasteiger partial charge on any atom is -0.382 e. The van der Waals surface area contributed by atoms with E-state index in [0.29, 0.717) is 19.8 Å². The molecule has 1 aromatic rings. The molecule has 1 N–H and O–H groups in total. The third-order valence-corrected chi connectivity index (χ3v) is 1.43. The lowest BCUT2D eigenvalue weighted by Gasteiger charge is -1.99. The van der Waals surface area contributed by atoms with Gasteiger partial charge in [0, 0.05) is 19.0 Å². The fraction of sp³-hybridized carbons (Fsp3) is 0.625. The van der Waals surface area contributed by atoms with Crippen molar-refractivity contribution in [2.45, 2.75) is 13.5 Å². The van der Waals surface area contributed by atoms with E-state index in [-0.39, 0.29) is 0 Å². The number of H-pyrrole nitrogens is 1. The predicted molar refractivity (Wildman–Crippen MR) is 44.9 cm³/mol. The number of methoxy groups -OCH3 is 1. The number of imidazole rings is 1. The maximum atomic E-state index is 5.25. The highest BCUT2D eigenvalue weighted by Gasteiger charge is 1.95. The van der Waals surface area contributed by atoms with Crippen molar-refractivity contribution >= 4 is 0 Å². The molecule has 0 aliphatic carbocycles. The van der Waals surface area contributed by atoms with Gasteiger partial charge in [-0.1, -0.05) is 0 Å². The van der Waals surface area contributed by atoms with E-state index in [1.807, 2.05) is 6.92 Å². The summed E-state index contributed by atoms with van der Waals surface area (Å²) in [5.41, 5.74) is 1.06. The molecule has 0 unspecified atom stereocenters. The Morgan fingerprint density at radius 1 is 1.50 bits per heavy atom. The van der Waals surface area contributed by atoms with Gasteiger partial charge in [0.15, 0.2) is 0 Å². The highest BCUT2D eigenvalue weighted by molar-refractivity contribution is 4.96. The molecule has 0 fully saturated rings. The van der Waals surface area contributed by atoms with E-state index >= 15 is 0 Å². The lowest BCUT2D eigenvalue weighted by atomic mass is 10.6. The molecule has 0 bridgehead atoms. The van der Waals surface area contributed by atoms with Crippen molar-refractivity contribution < 1.29 is 9.47 Å². The average molecular weight is 170 g/mol. The number of rotatable bonds is 5. The number of hydrogen-bond donors (Lipinski definition) is 1. The highest BCUT2D eigenvalue weighted by atomic mass is 16.5. The smallest absolute Gasteiger partial charge is 0.132 e. The van der Waals surface area contributed by atoms with Crippen LogP contribution >= 0.6 is 0 Å². The molecular formula is C8H14N2O2. The molecule has 12 heavy (non-hydrogen) atoms. The van der Waals surface area contributed by atoms with Crippen LogP contribution in [-0.4, -0.2) is 30.3 Å². The topological polar surface area (TPSA) is 47.1 Å². The van der Waals surface area contributed by atoms with Gasteiger partial charge in [-0.15, -0.1) is 0 Å². The Hall–Kier alpha value is -0.870. The molecule has 4 heteroatoms. The SMILES string of the molecule is COCCOCc1ncc(C)[nH]1. The van der Waals surface area contributed by atoms with Crippen molar-refractivity contribution in [2.24, 2.45) is 0 Å². The molecule has 0 spiro atoms. The predicted octanol–water partition coefficient (Wildman–Crippen LogP) is 0.881. The second-order valence-corrected chi connectivity index (χ2v) is 2.56. The first kappa shape index (κ1) is 9.22. The first-order valence-electron chi connectivity index (χ1n) is 3.90. The Kier molecular flexibility index (Phi) is 3.76. The first-order chi connectivity index (χ1) is 5.83. The van der Waals surface area contributed by atoms with Crippen LogP contribution in [0.1, 0.15) is 11.5 Å². The van der Waals surface area contributed by atoms with E-state index < -0.39 is 0 Å². The molecule has 0 aromatic carbocycles. The summed E-state index contributed by atoms with van der Waals surface area (Å²) in [6, 6.07) is 0. The van der Waals surface area contributed by atoms with Gasteiger partial charge in [0.05, 0.1) is 13.2 Å². The monoisotopic (exact) mass is 170 g/mol. The van der Waals surface area contributed by atoms with Gasteiger partial charge < -0.3 is 14.5 Å². The highest BCUT2D eigenvalue weighted by Crippen LogP contribution is 1.96. The zero-order valence-electron chi connectivity index (χ0n) is 7.46. The molecule has 0 amide bonds. The third kappa shape index (κ3) is 3.02. The lowest BCUT2D eigenvalue weighted by molar-refractivity contribution is 0.0589. The number of hydrogen-bond acceptors (Lipinski definition) is 3. The second-order valence-electron chi connectivity index (χ2n) is 2.56. The Morgan fingerprint density at radius 3 is 2.92 bits per heavy atom. The van der Waals surface area contributed by atoms with Crippen LogP contribution in [0.5, 0.6) is 0 Å². The minimum atomic E-state index is 0.525. The van der Waals surface area contributed by atoms with Crippen LogP contribution < -0.4 is 0 Å². The molecule has 68 valence electrons. The minimum absolute atomic E-state index is 0.525. The van der Waals surface area contributed by atoms with Crippen LogP contribution in [0, 0.1) is 6.92 Å². The molecule has 1 aromatic heterocycles. The van der Waals surface area contributed by atoms with Gasteiger partial charge in [-0.3, -0.25) is 0 Å². The molecule has 0 radical (unpaired) electrons. The number of aromatic amines is 1. The van der Waals surface area contributed by atoms with Crippen molar-refractivity contribution in [1.29, 1.82) is 0 Å². The quantitative estimate of drug-likeness (QED) is 0.667. The number of aromatic nitrogens is 2. The molecular weight excluding hydrogens is 156 g/mol. The zero-order chi connectivity index (χ0) is 8.81. The summed E-state index contributed by atoms with van der Waals surface area (Å²) in [6.45, 7) is 3.72. The summed E-state index contributed by atoms with van der Waals surface area (Å²) in [7, 11) is 1.65. The van der Waals surface area contributed by atoms with E-state index in [0.717, 1.165) is 11.5 Å². The van der Waals surface area contributed by atoms with Crippen LogP contribution in [0.4, 0.5) is 0 Å². The van der Waals surface area contributed by atoms with Gasteiger partial charge in [-0.05, 0) is 6.92 Å². The molecule has 0 saturated heterocycles. The van der Waals surface area contributed by atoms with Crippen molar-refractivity contribution in [2.75, 3.05) is 20.3 Å². The first-order valence-corrected chi connectivity index (χ1v) is 3.90. The van der Waals surface area contributed by atoms with Crippen LogP contribution in [0.3, 0.4) is 0 Å². The molecule has 0 aliphatic heterocycles. The van der Waals surface area contributed by atoms with Crippen molar-refractivity contribution in [3.63, 3.8) is 0 Å². The van der Waals surface area contributed by atoms with Crippen molar-refractivity contribution in [1.82, 2.24) is 9.97 Å². The van der Waals surface area contributed by atoms with Gasteiger partial charge in [0.1, 0.15) is 12.4 Å². The van der Waals surface area contributed by atoms with Crippen molar-refractivity contribution in [3.05, 3.63) is 17.7 Å².